The largest absolute Gasteiger partial charge is 0.462 e. The Morgan fingerprint density at radius 2 is 1.97 bits per heavy atom. The van der Waals surface area contributed by atoms with Gasteiger partial charge in [-0.25, -0.2) is 9.48 Å². The van der Waals surface area contributed by atoms with Gasteiger partial charge < -0.3 is 19.5 Å². The lowest BCUT2D eigenvalue weighted by molar-refractivity contribution is -0.113. The second-order valence-corrected chi connectivity index (χ2v) is 7.38. The molecule has 10 nitrogen and oxygen atoms in total. The van der Waals surface area contributed by atoms with Crippen LogP contribution in [0.2, 0.25) is 0 Å². The van der Waals surface area contributed by atoms with Gasteiger partial charge in [0.25, 0.3) is 0 Å². The number of rotatable bonds is 8. The molecule has 0 bridgehead atoms. The molecule has 1 aromatic heterocycles. The van der Waals surface area contributed by atoms with Crippen LogP contribution < -0.4 is 14.8 Å². The number of benzene rings is 2. The van der Waals surface area contributed by atoms with E-state index in [1.54, 1.807) is 35.9 Å². The number of hydrogen-bond donors (Lipinski definition) is 1. The summed E-state index contributed by atoms with van der Waals surface area (Å²) < 4.78 is 17.3. The SMILES string of the molecule is CCOC(=O)c1ccc(NC(=O)CSc2nnnn2Cc2ccc3c(c2)OCO3)cc1. The Morgan fingerprint density at radius 1 is 1.16 bits per heavy atom. The van der Waals surface area contributed by atoms with E-state index in [2.05, 4.69) is 20.8 Å². The molecule has 0 saturated carbocycles. The minimum Gasteiger partial charge on any atom is -0.462 e. The summed E-state index contributed by atoms with van der Waals surface area (Å²) in [6.45, 7) is 2.70. The summed E-state index contributed by atoms with van der Waals surface area (Å²) in [5.41, 5.74) is 1.96. The van der Waals surface area contributed by atoms with Crippen LogP contribution in [0.25, 0.3) is 0 Å². The molecule has 4 rings (SSSR count). The van der Waals surface area contributed by atoms with Crippen LogP contribution in [-0.4, -0.2) is 51.2 Å². The Bertz CT molecular complexity index is 1090. The quantitative estimate of drug-likeness (QED) is 0.415. The summed E-state index contributed by atoms with van der Waals surface area (Å²) in [4.78, 5) is 24.0. The average Bonchev–Trinajstić information content (AvgIpc) is 3.42. The second kappa shape index (κ2) is 9.47. The number of hydrogen-bond acceptors (Lipinski definition) is 9. The molecule has 160 valence electrons. The molecule has 2 heterocycles. The first-order valence-corrected chi connectivity index (χ1v) is 10.5. The molecule has 1 N–H and O–H groups in total. The Hall–Kier alpha value is -3.60. The minimum atomic E-state index is -0.398. The van der Waals surface area contributed by atoms with Gasteiger partial charge in [-0.3, -0.25) is 4.79 Å². The Morgan fingerprint density at radius 3 is 2.77 bits per heavy atom. The summed E-state index contributed by atoms with van der Waals surface area (Å²) in [5, 5.41) is 15.0. The molecule has 1 amide bonds. The molecule has 0 aliphatic carbocycles. The fourth-order valence-corrected chi connectivity index (χ4v) is 3.52. The number of nitrogens with zero attached hydrogens (tertiary/aromatic N) is 4. The van der Waals surface area contributed by atoms with Crippen molar-refractivity contribution in [2.24, 2.45) is 0 Å². The number of tetrazole rings is 1. The number of ether oxygens (including phenoxy) is 3. The summed E-state index contributed by atoms with van der Waals surface area (Å²) in [5.74, 6) is 0.910. The zero-order valence-corrected chi connectivity index (χ0v) is 17.4. The Kier molecular flexibility index (Phi) is 6.32. The number of anilines is 1. The van der Waals surface area contributed by atoms with Gasteiger partial charge in [-0.2, -0.15) is 0 Å². The van der Waals surface area contributed by atoms with Crippen molar-refractivity contribution in [3.8, 4) is 11.5 Å². The van der Waals surface area contributed by atoms with Crippen LogP contribution >= 0.6 is 11.8 Å². The van der Waals surface area contributed by atoms with Crippen molar-refractivity contribution >= 4 is 29.3 Å². The molecule has 0 atom stereocenters. The number of nitrogens with one attached hydrogen (secondary N) is 1. The average molecular weight is 441 g/mol. The molecular weight excluding hydrogens is 422 g/mol. The standard InChI is InChI=1S/C20H19N5O5S/c1-2-28-19(27)14-4-6-15(7-5-14)21-18(26)11-31-20-22-23-24-25(20)10-13-3-8-16-17(9-13)30-12-29-16/h3-9H,2,10-12H2,1H3,(H,21,26). The second-order valence-electron chi connectivity index (χ2n) is 6.44. The normalized spacial score (nSPS) is 11.9. The first-order chi connectivity index (χ1) is 15.1. The van der Waals surface area contributed by atoms with Crippen molar-refractivity contribution in [3.05, 3.63) is 53.6 Å². The van der Waals surface area contributed by atoms with Gasteiger partial charge in [-0.15, -0.1) is 5.10 Å². The van der Waals surface area contributed by atoms with Crippen LogP contribution in [0.15, 0.2) is 47.6 Å². The molecule has 0 spiro atoms. The van der Waals surface area contributed by atoms with E-state index in [9.17, 15) is 9.59 Å². The highest BCUT2D eigenvalue weighted by Crippen LogP contribution is 2.32. The molecule has 0 saturated heterocycles. The maximum absolute atomic E-state index is 12.3. The molecule has 0 fully saturated rings. The number of aromatic nitrogens is 4. The van der Waals surface area contributed by atoms with Crippen molar-refractivity contribution in [1.29, 1.82) is 0 Å². The van der Waals surface area contributed by atoms with Gasteiger partial charge in [0.15, 0.2) is 11.5 Å². The van der Waals surface area contributed by atoms with Gasteiger partial charge in [-0.1, -0.05) is 17.8 Å². The maximum atomic E-state index is 12.3. The third kappa shape index (κ3) is 5.12. The molecular formula is C20H19N5O5S. The van der Waals surface area contributed by atoms with Crippen LogP contribution in [0.4, 0.5) is 5.69 Å². The van der Waals surface area contributed by atoms with Crippen molar-refractivity contribution in [2.45, 2.75) is 18.6 Å². The Labute approximate surface area is 181 Å². The minimum absolute atomic E-state index is 0.126. The highest BCUT2D eigenvalue weighted by Gasteiger charge is 2.15. The lowest BCUT2D eigenvalue weighted by atomic mass is 10.2. The Balaban J connectivity index is 1.31. The van der Waals surface area contributed by atoms with E-state index in [0.29, 0.717) is 41.1 Å². The molecule has 0 unspecified atom stereocenters. The van der Waals surface area contributed by atoms with Gasteiger partial charge in [0.05, 0.1) is 24.5 Å². The predicted molar refractivity (Wildman–Crippen MR) is 111 cm³/mol. The first-order valence-electron chi connectivity index (χ1n) is 9.47. The topological polar surface area (TPSA) is 117 Å². The van der Waals surface area contributed by atoms with Gasteiger partial charge >= 0.3 is 5.97 Å². The molecule has 11 heteroatoms. The number of thioether (sulfide) groups is 1. The van der Waals surface area contributed by atoms with Crippen LogP contribution in [0.5, 0.6) is 11.5 Å². The number of amides is 1. The monoisotopic (exact) mass is 441 g/mol. The summed E-state index contributed by atoms with van der Waals surface area (Å²) in [7, 11) is 0. The summed E-state index contributed by atoms with van der Waals surface area (Å²) >= 11 is 1.23. The van der Waals surface area contributed by atoms with Gasteiger partial charge in [-0.05, 0) is 59.3 Å². The number of carbonyl (C=O) groups is 2. The van der Waals surface area contributed by atoms with E-state index in [1.807, 2.05) is 18.2 Å². The van der Waals surface area contributed by atoms with Gasteiger partial charge in [0.1, 0.15) is 0 Å². The number of carbonyl (C=O) groups excluding carboxylic acids is 2. The number of fused-ring (bicyclic) bond motifs is 1. The molecule has 1 aliphatic rings. The van der Waals surface area contributed by atoms with E-state index in [-0.39, 0.29) is 18.5 Å². The molecule has 3 aromatic rings. The van der Waals surface area contributed by atoms with E-state index in [4.69, 9.17) is 14.2 Å². The van der Waals surface area contributed by atoms with Gasteiger partial charge in [0.2, 0.25) is 17.9 Å². The summed E-state index contributed by atoms with van der Waals surface area (Å²) in [6.07, 6.45) is 0. The lowest BCUT2D eigenvalue weighted by Gasteiger charge is -2.07. The van der Waals surface area contributed by atoms with Crippen molar-refractivity contribution in [2.75, 3.05) is 24.5 Å². The van der Waals surface area contributed by atoms with Crippen LogP contribution in [-0.2, 0) is 16.1 Å². The predicted octanol–water partition coefficient (Wildman–Crippen LogP) is 2.36. The third-order valence-electron chi connectivity index (χ3n) is 4.28. The molecule has 0 radical (unpaired) electrons. The molecule has 1 aliphatic heterocycles. The van der Waals surface area contributed by atoms with Crippen molar-refractivity contribution in [1.82, 2.24) is 20.2 Å². The van der Waals surface area contributed by atoms with E-state index < -0.39 is 5.97 Å². The van der Waals surface area contributed by atoms with E-state index >= 15 is 0 Å². The fraction of sp³-hybridized carbons (Fsp3) is 0.250. The third-order valence-corrected chi connectivity index (χ3v) is 5.24. The van der Waals surface area contributed by atoms with Crippen molar-refractivity contribution in [3.63, 3.8) is 0 Å². The highest BCUT2D eigenvalue weighted by atomic mass is 32.2. The first kappa shape index (κ1) is 20.7. The fourth-order valence-electron chi connectivity index (χ4n) is 2.84. The zero-order valence-electron chi connectivity index (χ0n) is 16.6. The highest BCUT2D eigenvalue weighted by molar-refractivity contribution is 7.99. The molecule has 31 heavy (non-hydrogen) atoms. The molecule has 2 aromatic carbocycles. The van der Waals surface area contributed by atoms with Crippen LogP contribution in [0, 0.1) is 0 Å². The van der Waals surface area contributed by atoms with Crippen LogP contribution in [0.3, 0.4) is 0 Å². The lowest BCUT2D eigenvalue weighted by Crippen LogP contribution is -2.15. The van der Waals surface area contributed by atoms with E-state index in [0.717, 1.165) is 5.56 Å². The smallest absolute Gasteiger partial charge is 0.338 e. The zero-order chi connectivity index (χ0) is 21.6. The summed E-state index contributed by atoms with van der Waals surface area (Å²) in [6, 6.07) is 12.1. The van der Waals surface area contributed by atoms with E-state index in [1.165, 1.54) is 11.8 Å². The van der Waals surface area contributed by atoms with Crippen molar-refractivity contribution < 1.29 is 23.8 Å². The van der Waals surface area contributed by atoms with Gasteiger partial charge in [0, 0.05) is 5.69 Å². The number of esters is 1. The van der Waals surface area contributed by atoms with Crippen LogP contribution in [0.1, 0.15) is 22.8 Å². The maximum Gasteiger partial charge on any atom is 0.338 e.